The summed E-state index contributed by atoms with van der Waals surface area (Å²) in [5, 5.41) is 4.29. The molecule has 0 atom stereocenters. The number of halogens is 2. The summed E-state index contributed by atoms with van der Waals surface area (Å²) < 4.78 is 0. The summed E-state index contributed by atoms with van der Waals surface area (Å²) in [5.74, 6) is 0.114. The van der Waals surface area contributed by atoms with Gasteiger partial charge >= 0.3 is 0 Å². The lowest BCUT2D eigenvalue weighted by Crippen LogP contribution is -2.61. The quantitative estimate of drug-likeness (QED) is 0.908. The maximum Gasteiger partial charge on any atom is 0.242 e. The van der Waals surface area contributed by atoms with Crippen LogP contribution in [0.1, 0.15) is 19.4 Å². The molecule has 1 aromatic carbocycles. The van der Waals surface area contributed by atoms with Crippen molar-refractivity contribution in [1.82, 2.24) is 10.2 Å². The summed E-state index contributed by atoms with van der Waals surface area (Å²) in [5.41, 5.74) is 2.41. The van der Waals surface area contributed by atoms with Crippen LogP contribution in [0.25, 0.3) is 0 Å². The normalized spacial score (nSPS) is 20.5. The number of rotatable bonds is 2. The first-order valence-corrected chi connectivity index (χ1v) is 7.71. The first-order chi connectivity index (χ1) is 9.87. The Labute approximate surface area is 134 Å². The highest BCUT2D eigenvalue weighted by atomic mass is 35.5. The Balaban J connectivity index is 1.76. The number of hydrogen-bond donors (Lipinski definition) is 1. The fourth-order valence-corrected chi connectivity index (χ4v) is 3.14. The molecular formula is C15H17Cl2N3O. The summed E-state index contributed by atoms with van der Waals surface area (Å²) in [6, 6.07) is 3.65. The highest BCUT2D eigenvalue weighted by Crippen LogP contribution is 2.34. The van der Waals surface area contributed by atoms with Crippen LogP contribution in [0, 0.1) is 0 Å². The minimum absolute atomic E-state index is 0.114. The van der Waals surface area contributed by atoms with E-state index in [1.165, 1.54) is 0 Å². The van der Waals surface area contributed by atoms with Crippen LogP contribution in [-0.4, -0.2) is 41.7 Å². The van der Waals surface area contributed by atoms with Crippen molar-refractivity contribution >= 4 is 40.5 Å². The van der Waals surface area contributed by atoms with Gasteiger partial charge in [-0.1, -0.05) is 23.2 Å². The van der Waals surface area contributed by atoms with Crippen molar-refractivity contribution in [1.29, 1.82) is 0 Å². The molecule has 2 heterocycles. The first kappa shape index (κ1) is 14.8. The molecule has 0 bridgehead atoms. The number of benzene rings is 1. The summed E-state index contributed by atoms with van der Waals surface area (Å²) in [6.45, 7) is 5.89. The van der Waals surface area contributed by atoms with E-state index in [-0.39, 0.29) is 5.91 Å². The predicted molar refractivity (Wildman–Crippen MR) is 85.9 cm³/mol. The highest BCUT2D eigenvalue weighted by Gasteiger charge is 2.35. The lowest BCUT2D eigenvalue weighted by atomic mass is 10.0. The average molecular weight is 326 g/mol. The Kier molecular flexibility index (Phi) is 3.72. The standard InChI is InChI=1S/C15H17Cl2N3O/c1-15(2)14(21)20(4-3-18-15)8-10-5-9-6-11(16)12(17)7-13(9)19-10/h6-7,18H,3-5,8H2,1-2H3. The molecule has 0 saturated carbocycles. The van der Waals surface area contributed by atoms with Gasteiger partial charge in [-0.25, -0.2) is 0 Å². The highest BCUT2D eigenvalue weighted by molar-refractivity contribution is 6.42. The van der Waals surface area contributed by atoms with Gasteiger partial charge in [-0.2, -0.15) is 0 Å². The molecule has 2 aliphatic heterocycles. The number of fused-ring (bicyclic) bond motifs is 1. The Morgan fingerprint density at radius 2 is 2.05 bits per heavy atom. The lowest BCUT2D eigenvalue weighted by molar-refractivity contribution is -0.138. The third-order valence-corrected chi connectivity index (χ3v) is 4.66. The van der Waals surface area contributed by atoms with Crippen LogP contribution in [0.2, 0.25) is 10.0 Å². The Morgan fingerprint density at radius 1 is 1.33 bits per heavy atom. The maximum atomic E-state index is 12.4. The zero-order chi connectivity index (χ0) is 15.2. The van der Waals surface area contributed by atoms with Gasteiger partial charge in [0.25, 0.3) is 0 Å². The molecule has 112 valence electrons. The number of nitrogens with zero attached hydrogens (tertiary/aromatic N) is 2. The minimum Gasteiger partial charge on any atom is -0.334 e. The van der Waals surface area contributed by atoms with Gasteiger partial charge in [0.1, 0.15) is 0 Å². The second kappa shape index (κ2) is 5.27. The summed E-state index contributed by atoms with van der Waals surface area (Å²) in [6.07, 6.45) is 0.726. The van der Waals surface area contributed by atoms with E-state index < -0.39 is 5.54 Å². The van der Waals surface area contributed by atoms with Crippen LogP contribution in [0.3, 0.4) is 0 Å². The molecule has 1 fully saturated rings. The fraction of sp³-hybridized carbons (Fsp3) is 0.467. The molecule has 0 radical (unpaired) electrons. The summed E-state index contributed by atoms with van der Waals surface area (Å²) in [7, 11) is 0. The molecule has 6 heteroatoms. The van der Waals surface area contributed by atoms with Gasteiger partial charge in [-0.3, -0.25) is 9.79 Å². The van der Waals surface area contributed by atoms with E-state index in [0.717, 1.165) is 29.9 Å². The first-order valence-electron chi connectivity index (χ1n) is 6.95. The topological polar surface area (TPSA) is 44.7 Å². The zero-order valence-corrected chi connectivity index (χ0v) is 13.6. The number of piperazine rings is 1. The second-order valence-electron chi connectivity index (χ2n) is 6.03. The van der Waals surface area contributed by atoms with Gasteiger partial charge in [0.05, 0.1) is 27.8 Å². The van der Waals surface area contributed by atoms with Crippen LogP contribution in [-0.2, 0) is 11.2 Å². The number of amides is 1. The molecule has 1 aromatic rings. The molecule has 0 unspecified atom stereocenters. The van der Waals surface area contributed by atoms with Crippen molar-refractivity contribution < 1.29 is 4.79 Å². The third kappa shape index (κ3) is 2.80. The zero-order valence-electron chi connectivity index (χ0n) is 12.0. The van der Waals surface area contributed by atoms with Crippen LogP contribution >= 0.6 is 23.2 Å². The molecule has 21 heavy (non-hydrogen) atoms. The summed E-state index contributed by atoms with van der Waals surface area (Å²) >= 11 is 12.1. The van der Waals surface area contributed by atoms with Gasteiger partial charge in [-0.15, -0.1) is 0 Å². The van der Waals surface area contributed by atoms with Gasteiger partial charge in [0.2, 0.25) is 5.91 Å². The SMILES string of the molecule is CC1(C)NCCN(CC2=Nc3cc(Cl)c(Cl)cc3C2)C1=O. The largest absolute Gasteiger partial charge is 0.334 e. The van der Waals surface area contributed by atoms with Crippen LogP contribution in [0.15, 0.2) is 17.1 Å². The third-order valence-electron chi connectivity index (χ3n) is 3.94. The molecule has 2 aliphatic rings. The Morgan fingerprint density at radius 3 is 2.81 bits per heavy atom. The second-order valence-corrected chi connectivity index (χ2v) is 6.84. The Hall–Kier alpha value is -1.10. The number of carbonyl (C=O) groups is 1. The van der Waals surface area contributed by atoms with E-state index in [1.807, 2.05) is 24.8 Å². The van der Waals surface area contributed by atoms with Crippen LogP contribution < -0.4 is 5.32 Å². The number of carbonyl (C=O) groups excluding carboxylic acids is 1. The monoisotopic (exact) mass is 325 g/mol. The number of nitrogens with one attached hydrogen (secondary N) is 1. The van der Waals surface area contributed by atoms with Crippen molar-refractivity contribution in [3.63, 3.8) is 0 Å². The molecule has 0 spiro atoms. The number of aliphatic imine (C=N–C) groups is 1. The van der Waals surface area contributed by atoms with Crippen molar-refractivity contribution in [2.45, 2.75) is 25.8 Å². The van der Waals surface area contributed by atoms with Crippen LogP contribution in [0.4, 0.5) is 5.69 Å². The fourth-order valence-electron chi connectivity index (χ4n) is 2.79. The molecule has 1 saturated heterocycles. The Bertz CT molecular complexity index is 640. The van der Waals surface area contributed by atoms with Crippen LogP contribution in [0.5, 0.6) is 0 Å². The molecule has 4 nitrogen and oxygen atoms in total. The molecule has 0 aromatic heterocycles. The summed E-state index contributed by atoms with van der Waals surface area (Å²) in [4.78, 5) is 18.8. The van der Waals surface area contributed by atoms with Gasteiger partial charge in [0, 0.05) is 25.2 Å². The van der Waals surface area contributed by atoms with Gasteiger partial charge in [0.15, 0.2) is 0 Å². The molecular weight excluding hydrogens is 309 g/mol. The van der Waals surface area contributed by atoms with E-state index in [4.69, 9.17) is 23.2 Å². The van der Waals surface area contributed by atoms with E-state index in [2.05, 4.69) is 10.3 Å². The van der Waals surface area contributed by atoms with Gasteiger partial charge < -0.3 is 10.2 Å². The van der Waals surface area contributed by atoms with E-state index in [9.17, 15) is 4.79 Å². The smallest absolute Gasteiger partial charge is 0.242 e. The average Bonchev–Trinajstić information content (AvgIpc) is 2.77. The van der Waals surface area contributed by atoms with Crippen molar-refractivity contribution in [3.8, 4) is 0 Å². The van der Waals surface area contributed by atoms with E-state index in [0.29, 0.717) is 23.1 Å². The molecule has 1 N–H and O–H groups in total. The van der Waals surface area contributed by atoms with Crippen molar-refractivity contribution in [2.75, 3.05) is 19.6 Å². The lowest BCUT2D eigenvalue weighted by Gasteiger charge is -2.38. The van der Waals surface area contributed by atoms with E-state index in [1.54, 1.807) is 6.07 Å². The van der Waals surface area contributed by atoms with Crippen molar-refractivity contribution in [2.24, 2.45) is 4.99 Å². The molecule has 3 rings (SSSR count). The van der Waals surface area contributed by atoms with E-state index >= 15 is 0 Å². The molecule has 0 aliphatic carbocycles. The van der Waals surface area contributed by atoms with Gasteiger partial charge in [-0.05, 0) is 31.5 Å². The minimum atomic E-state index is -0.503. The maximum absolute atomic E-state index is 12.4. The number of hydrogen-bond acceptors (Lipinski definition) is 3. The molecule has 1 amide bonds. The predicted octanol–water partition coefficient (Wildman–Crippen LogP) is 2.83. The van der Waals surface area contributed by atoms with Crippen molar-refractivity contribution in [3.05, 3.63) is 27.7 Å².